The zero-order valence-electron chi connectivity index (χ0n) is 18.7. The van der Waals surface area contributed by atoms with Gasteiger partial charge in [-0.25, -0.2) is 14.8 Å². The normalized spacial score (nSPS) is 18.0. The summed E-state index contributed by atoms with van der Waals surface area (Å²) in [5.74, 6) is 0.280. The lowest BCUT2D eigenvalue weighted by Gasteiger charge is -2.46. The Balaban J connectivity index is 2.14. The number of imidazole rings is 1. The van der Waals surface area contributed by atoms with E-state index in [9.17, 15) is 4.79 Å². The lowest BCUT2D eigenvalue weighted by Crippen LogP contribution is -2.41. The Hall–Kier alpha value is -2.63. The first-order valence-corrected chi connectivity index (χ1v) is 10.9. The van der Waals surface area contributed by atoms with E-state index in [4.69, 9.17) is 5.73 Å². The third-order valence-corrected chi connectivity index (χ3v) is 7.13. The lowest BCUT2D eigenvalue weighted by atomic mass is 9.61. The van der Waals surface area contributed by atoms with Crippen LogP contribution in [-0.2, 0) is 6.54 Å². The number of rotatable bonds is 6. The average Bonchev–Trinajstić information content (AvgIpc) is 2.95. The van der Waals surface area contributed by atoms with Crippen molar-refractivity contribution in [2.45, 2.75) is 72.3 Å². The molecule has 0 aliphatic heterocycles. The second kappa shape index (κ2) is 8.62. The van der Waals surface area contributed by atoms with Gasteiger partial charge in [-0.05, 0) is 35.8 Å². The standard InChI is InChI=1S/C24H35N5O/c1-6-13-18(7-2)29-19-20(25)26-17-27-21(19)28(22(29)30)16-23(3,4)24(5)14-11-9-8-10-12-15-24/h6-7,13,17H,1-2,8-12,14-16H2,3-5H3,(H2,25,26,27)/b18-13+. The molecule has 1 fully saturated rings. The van der Waals surface area contributed by atoms with Gasteiger partial charge >= 0.3 is 5.69 Å². The molecular formula is C24H35N5O. The first-order chi connectivity index (χ1) is 14.3. The van der Waals surface area contributed by atoms with Gasteiger partial charge in [0.15, 0.2) is 11.5 Å². The monoisotopic (exact) mass is 409 g/mol. The first-order valence-electron chi connectivity index (χ1n) is 10.9. The molecule has 6 nitrogen and oxygen atoms in total. The van der Waals surface area contributed by atoms with Gasteiger partial charge in [0.1, 0.15) is 11.8 Å². The van der Waals surface area contributed by atoms with E-state index in [1.54, 1.807) is 27.4 Å². The number of anilines is 1. The number of nitrogen functional groups attached to an aromatic ring is 1. The van der Waals surface area contributed by atoms with E-state index in [1.807, 2.05) is 0 Å². The second-order valence-electron chi connectivity index (χ2n) is 9.38. The van der Waals surface area contributed by atoms with E-state index in [2.05, 4.69) is 43.9 Å². The van der Waals surface area contributed by atoms with Crippen molar-refractivity contribution in [1.82, 2.24) is 19.1 Å². The Morgan fingerprint density at radius 3 is 2.43 bits per heavy atom. The summed E-state index contributed by atoms with van der Waals surface area (Å²) in [6.45, 7) is 15.1. The molecular weight excluding hydrogens is 374 g/mol. The third-order valence-electron chi connectivity index (χ3n) is 7.13. The van der Waals surface area contributed by atoms with Gasteiger partial charge in [0, 0.05) is 6.54 Å². The van der Waals surface area contributed by atoms with Crippen molar-refractivity contribution in [2.75, 3.05) is 5.73 Å². The number of nitrogens with zero attached hydrogens (tertiary/aromatic N) is 4. The summed E-state index contributed by atoms with van der Waals surface area (Å²) in [7, 11) is 0. The summed E-state index contributed by atoms with van der Waals surface area (Å²) >= 11 is 0. The van der Waals surface area contributed by atoms with Crippen LogP contribution in [0.25, 0.3) is 16.9 Å². The molecule has 1 aliphatic rings. The largest absolute Gasteiger partial charge is 0.382 e. The summed E-state index contributed by atoms with van der Waals surface area (Å²) < 4.78 is 3.31. The zero-order valence-corrected chi connectivity index (χ0v) is 18.7. The van der Waals surface area contributed by atoms with Crippen molar-refractivity contribution < 1.29 is 0 Å². The van der Waals surface area contributed by atoms with Crippen LogP contribution in [0.4, 0.5) is 5.82 Å². The van der Waals surface area contributed by atoms with E-state index < -0.39 is 0 Å². The molecule has 2 aromatic rings. The fourth-order valence-electron chi connectivity index (χ4n) is 4.79. The zero-order chi connectivity index (χ0) is 21.9. The van der Waals surface area contributed by atoms with Crippen molar-refractivity contribution in [3.05, 3.63) is 48.2 Å². The summed E-state index contributed by atoms with van der Waals surface area (Å²) in [5.41, 5.74) is 7.76. The maximum Gasteiger partial charge on any atom is 0.335 e. The second-order valence-corrected chi connectivity index (χ2v) is 9.38. The van der Waals surface area contributed by atoms with Crippen LogP contribution in [0.5, 0.6) is 0 Å². The van der Waals surface area contributed by atoms with Crippen LogP contribution < -0.4 is 11.4 Å². The molecule has 162 valence electrons. The highest BCUT2D eigenvalue weighted by Gasteiger charge is 2.41. The Morgan fingerprint density at radius 1 is 1.20 bits per heavy atom. The minimum atomic E-state index is -0.173. The van der Waals surface area contributed by atoms with E-state index >= 15 is 0 Å². The van der Waals surface area contributed by atoms with Crippen LogP contribution in [0.3, 0.4) is 0 Å². The van der Waals surface area contributed by atoms with Gasteiger partial charge in [0.25, 0.3) is 0 Å². The van der Waals surface area contributed by atoms with Crippen LogP contribution in [0, 0.1) is 10.8 Å². The van der Waals surface area contributed by atoms with Crippen molar-refractivity contribution in [3.63, 3.8) is 0 Å². The molecule has 6 heteroatoms. The molecule has 0 amide bonds. The minimum Gasteiger partial charge on any atom is -0.382 e. The summed E-state index contributed by atoms with van der Waals surface area (Å²) in [6, 6.07) is 0. The van der Waals surface area contributed by atoms with Crippen LogP contribution >= 0.6 is 0 Å². The lowest BCUT2D eigenvalue weighted by molar-refractivity contribution is 0.0393. The number of hydrogen-bond acceptors (Lipinski definition) is 4. The quantitative estimate of drug-likeness (QED) is 0.668. The number of nitrogens with two attached hydrogens (primary N) is 1. The summed E-state index contributed by atoms with van der Waals surface area (Å²) in [5, 5.41) is 0. The predicted octanol–water partition coefficient (Wildman–Crippen LogP) is 5.16. The number of hydrogen-bond donors (Lipinski definition) is 1. The molecule has 0 aromatic carbocycles. The molecule has 2 N–H and O–H groups in total. The first kappa shape index (κ1) is 22.1. The van der Waals surface area contributed by atoms with Gasteiger partial charge in [-0.2, -0.15) is 0 Å². The molecule has 2 aromatic heterocycles. The SMILES string of the molecule is C=C/C=C(\C=C)n1c(=O)n(CC(C)(C)C2(C)CCCCCCC2)c2ncnc(N)c21. The van der Waals surface area contributed by atoms with Crippen LogP contribution in [0.15, 0.2) is 42.5 Å². The number of fused-ring (bicyclic) bond motifs is 1. The van der Waals surface area contributed by atoms with Gasteiger partial charge in [-0.15, -0.1) is 0 Å². The van der Waals surface area contributed by atoms with Crippen molar-refractivity contribution in [1.29, 1.82) is 0 Å². The highest BCUT2D eigenvalue weighted by Crippen LogP contribution is 2.49. The molecule has 0 radical (unpaired) electrons. The highest BCUT2D eigenvalue weighted by molar-refractivity contribution is 5.86. The fourth-order valence-corrected chi connectivity index (χ4v) is 4.79. The minimum absolute atomic E-state index is 0.0938. The van der Waals surface area contributed by atoms with Crippen LogP contribution in [0.2, 0.25) is 0 Å². The van der Waals surface area contributed by atoms with Crippen molar-refractivity contribution in [2.24, 2.45) is 10.8 Å². The van der Waals surface area contributed by atoms with Crippen LogP contribution in [-0.4, -0.2) is 19.1 Å². The highest BCUT2D eigenvalue weighted by atomic mass is 16.1. The average molecular weight is 410 g/mol. The molecule has 0 atom stereocenters. The Bertz CT molecular complexity index is 1020. The molecule has 0 unspecified atom stereocenters. The topological polar surface area (TPSA) is 78.7 Å². The molecule has 1 aliphatic carbocycles. The van der Waals surface area contributed by atoms with E-state index in [1.165, 1.54) is 51.3 Å². The van der Waals surface area contributed by atoms with Crippen molar-refractivity contribution in [3.8, 4) is 0 Å². The van der Waals surface area contributed by atoms with Gasteiger partial charge in [0.05, 0.1) is 5.70 Å². The van der Waals surface area contributed by atoms with E-state index in [0.29, 0.717) is 23.4 Å². The maximum atomic E-state index is 13.6. The van der Waals surface area contributed by atoms with Gasteiger partial charge in [-0.1, -0.05) is 72.1 Å². The fraction of sp³-hybridized carbons (Fsp3) is 0.542. The van der Waals surface area contributed by atoms with Gasteiger partial charge < -0.3 is 5.73 Å². The van der Waals surface area contributed by atoms with E-state index in [-0.39, 0.29) is 22.3 Å². The molecule has 2 heterocycles. The molecule has 0 saturated heterocycles. The molecule has 0 bridgehead atoms. The van der Waals surface area contributed by atoms with E-state index in [0.717, 1.165) is 0 Å². The van der Waals surface area contributed by atoms with Gasteiger partial charge in [-0.3, -0.25) is 9.13 Å². The Kier molecular flexibility index (Phi) is 6.34. The molecule has 3 rings (SSSR count). The number of allylic oxidation sites excluding steroid dienone is 4. The summed E-state index contributed by atoms with van der Waals surface area (Å²) in [6.07, 6.45) is 15.2. The predicted molar refractivity (Wildman–Crippen MR) is 125 cm³/mol. The van der Waals surface area contributed by atoms with Crippen molar-refractivity contribution >= 4 is 22.7 Å². The Labute approximate surface area is 179 Å². The summed E-state index contributed by atoms with van der Waals surface area (Å²) in [4.78, 5) is 22.2. The van der Waals surface area contributed by atoms with Crippen LogP contribution in [0.1, 0.15) is 65.7 Å². The smallest absolute Gasteiger partial charge is 0.335 e. The molecule has 0 spiro atoms. The Morgan fingerprint density at radius 2 is 1.83 bits per heavy atom. The maximum absolute atomic E-state index is 13.6. The van der Waals surface area contributed by atoms with Gasteiger partial charge in [0.2, 0.25) is 0 Å². The molecule has 1 saturated carbocycles. The third kappa shape index (κ3) is 3.87. The number of aromatic nitrogens is 4. The molecule has 30 heavy (non-hydrogen) atoms.